The predicted molar refractivity (Wildman–Crippen MR) is 85.7 cm³/mol. The largest absolute Gasteiger partial charge is 0.497 e. The van der Waals surface area contributed by atoms with Crippen LogP contribution in [0.15, 0.2) is 48.7 Å². The number of nitriles is 1. The van der Waals surface area contributed by atoms with Crippen molar-refractivity contribution in [3.8, 4) is 11.8 Å². The first kappa shape index (κ1) is 14.7. The molecule has 0 unspecified atom stereocenters. The minimum absolute atomic E-state index is 0.233. The fourth-order valence-corrected chi connectivity index (χ4v) is 2.65. The van der Waals surface area contributed by atoms with Gasteiger partial charge in [0.05, 0.1) is 29.8 Å². The summed E-state index contributed by atoms with van der Waals surface area (Å²) in [5.74, 6) is -0.324. The van der Waals surface area contributed by atoms with Gasteiger partial charge < -0.3 is 14.4 Å². The number of methoxy groups -OCH3 is 1. The molecule has 0 atom stereocenters. The highest BCUT2D eigenvalue weighted by Gasteiger charge is 2.15. The zero-order valence-corrected chi connectivity index (χ0v) is 12.5. The lowest BCUT2D eigenvalue weighted by atomic mass is 10.1. The van der Waals surface area contributed by atoms with Gasteiger partial charge in [-0.1, -0.05) is 18.2 Å². The van der Waals surface area contributed by atoms with E-state index in [0.29, 0.717) is 23.2 Å². The smallest absolute Gasteiger partial charge is 0.337 e. The zero-order chi connectivity index (χ0) is 16.4. The molecule has 0 radical (unpaired) electrons. The second-order valence-electron chi connectivity index (χ2n) is 5.13. The van der Waals surface area contributed by atoms with Crippen LogP contribution in [0.25, 0.3) is 10.9 Å². The zero-order valence-electron chi connectivity index (χ0n) is 12.5. The van der Waals surface area contributed by atoms with Gasteiger partial charge in [0.15, 0.2) is 0 Å². The summed E-state index contributed by atoms with van der Waals surface area (Å²) in [5, 5.41) is 19.3. The maximum absolute atomic E-state index is 11.5. The summed E-state index contributed by atoms with van der Waals surface area (Å²) in [6.07, 6.45) is 1.60. The summed E-state index contributed by atoms with van der Waals surface area (Å²) in [4.78, 5) is 11.5. The van der Waals surface area contributed by atoms with Crippen molar-refractivity contribution in [3.05, 3.63) is 65.4 Å². The van der Waals surface area contributed by atoms with Crippen LogP contribution in [0.3, 0.4) is 0 Å². The van der Waals surface area contributed by atoms with Crippen molar-refractivity contribution in [2.75, 3.05) is 7.11 Å². The second kappa shape index (κ2) is 5.85. The van der Waals surface area contributed by atoms with E-state index in [1.54, 1.807) is 37.6 Å². The Hall–Kier alpha value is -3.26. The van der Waals surface area contributed by atoms with Crippen molar-refractivity contribution < 1.29 is 14.6 Å². The topological polar surface area (TPSA) is 75.2 Å². The number of hydrogen-bond acceptors (Lipinski definition) is 3. The van der Waals surface area contributed by atoms with Crippen LogP contribution >= 0.6 is 0 Å². The van der Waals surface area contributed by atoms with E-state index in [2.05, 4.69) is 6.07 Å². The van der Waals surface area contributed by atoms with Crippen molar-refractivity contribution in [2.45, 2.75) is 6.54 Å². The molecule has 0 aliphatic heterocycles. The molecule has 23 heavy (non-hydrogen) atoms. The molecule has 0 saturated carbocycles. The lowest BCUT2D eigenvalue weighted by Crippen LogP contribution is -2.01. The molecule has 3 rings (SSSR count). The van der Waals surface area contributed by atoms with Gasteiger partial charge in [-0.3, -0.25) is 0 Å². The third-order valence-electron chi connectivity index (χ3n) is 3.80. The first-order chi connectivity index (χ1) is 11.1. The van der Waals surface area contributed by atoms with Crippen LogP contribution < -0.4 is 4.74 Å². The van der Waals surface area contributed by atoms with Gasteiger partial charge in [-0.05, 0) is 23.8 Å². The molecule has 1 heterocycles. The molecule has 3 aromatic rings. The molecule has 0 amide bonds. The molecule has 0 aliphatic rings. The quantitative estimate of drug-likeness (QED) is 0.802. The molecule has 0 spiro atoms. The summed E-state index contributed by atoms with van der Waals surface area (Å²) < 4.78 is 7.06. The van der Waals surface area contributed by atoms with E-state index in [1.165, 1.54) is 0 Å². The molecule has 0 bridgehead atoms. The number of aromatic nitrogens is 1. The molecule has 1 aromatic heterocycles. The van der Waals surface area contributed by atoms with Gasteiger partial charge in [-0.25, -0.2) is 4.79 Å². The van der Waals surface area contributed by atoms with Crippen molar-refractivity contribution in [1.29, 1.82) is 5.26 Å². The predicted octanol–water partition coefficient (Wildman–Crippen LogP) is 3.27. The van der Waals surface area contributed by atoms with Crippen LogP contribution in [0.1, 0.15) is 21.5 Å². The Morgan fingerprint density at radius 3 is 2.78 bits per heavy atom. The Labute approximate surface area is 133 Å². The van der Waals surface area contributed by atoms with Crippen molar-refractivity contribution in [3.63, 3.8) is 0 Å². The SMILES string of the molecule is COc1ccc2c(C(=O)O)cn(Cc3ccccc3C#N)c2c1. The summed E-state index contributed by atoms with van der Waals surface area (Å²) in [5.41, 5.74) is 2.41. The Morgan fingerprint density at radius 2 is 2.09 bits per heavy atom. The van der Waals surface area contributed by atoms with Gasteiger partial charge in [-0.15, -0.1) is 0 Å². The number of fused-ring (bicyclic) bond motifs is 1. The molecule has 0 aliphatic carbocycles. The molecule has 1 N–H and O–H groups in total. The average molecular weight is 306 g/mol. The van der Waals surface area contributed by atoms with Crippen molar-refractivity contribution >= 4 is 16.9 Å². The summed E-state index contributed by atoms with van der Waals surface area (Å²) in [7, 11) is 1.57. The van der Waals surface area contributed by atoms with Gasteiger partial charge in [0.25, 0.3) is 0 Å². The highest BCUT2D eigenvalue weighted by atomic mass is 16.5. The summed E-state index contributed by atoms with van der Waals surface area (Å²) in [6, 6.07) is 14.7. The lowest BCUT2D eigenvalue weighted by molar-refractivity contribution is 0.0699. The normalized spacial score (nSPS) is 10.4. The maximum atomic E-state index is 11.5. The van der Waals surface area contributed by atoms with E-state index < -0.39 is 5.97 Å². The molecular weight excluding hydrogens is 292 g/mol. The van der Waals surface area contributed by atoms with E-state index in [4.69, 9.17) is 4.74 Å². The minimum Gasteiger partial charge on any atom is -0.497 e. The van der Waals surface area contributed by atoms with E-state index in [9.17, 15) is 15.2 Å². The summed E-state index contributed by atoms with van der Waals surface area (Å²) >= 11 is 0. The second-order valence-corrected chi connectivity index (χ2v) is 5.13. The average Bonchev–Trinajstić information content (AvgIpc) is 2.93. The highest BCUT2D eigenvalue weighted by Crippen LogP contribution is 2.27. The molecule has 2 aromatic carbocycles. The Morgan fingerprint density at radius 1 is 1.30 bits per heavy atom. The number of aromatic carboxylic acids is 1. The van der Waals surface area contributed by atoms with E-state index in [-0.39, 0.29) is 5.56 Å². The Kier molecular flexibility index (Phi) is 3.73. The van der Waals surface area contributed by atoms with Crippen LogP contribution in [0.4, 0.5) is 0 Å². The van der Waals surface area contributed by atoms with E-state index in [0.717, 1.165) is 11.1 Å². The third kappa shape index (κ3) is 2.62. The number of rotatable bonds is 4. The number of hydrogen-bond donors (Lipinski definition) is 1. The molecular formula is C18H14N2O3. The van der Waals surface area contributed by atoms with Crippen molar-refractivity contribution in [1.82, 2.24) is 4.57 Å². The van der Waals surface area contributed by atoms with Gasteiger partial charge in [-0.2, -0.15) is 5.26 Å². The van der Waals surface area contributed by atoms with E-state index in [1.807, 2.05) is 22.8 Å². The number of benzene rings is 2. The van der Waals surface area contributed by atoms with Crippen LogP contribution in [0, 0.1) is 11.3 Å². The lowest BCUT2D eigenvalue weighted by Gasteiger charge is -2.08. The van der Waals surface area contributed by atoms with Crippen LogP contribution in [0.2, 0.25) is 0 Å². The van der Waals surface area contributed by atoms with Crippen LogP contribution in [-0.4, -0.2) is 22.8 Å². The molecule has 5 nitrogen and oxygen atoms in total. The van der Waals surface area contributed by atoms with Crippen LogP contribution in [0.5, 0.6) is 5.75 Å². The molecule has 0 saturated heterocycles. The number of carboxylic acid groups (broad SMARTS) is 1. The fraction of sp³-hybridized carbons (Fsp3) is 0.111. The number of carbonyl (C=O) groups is 1. The number of ether oxygens (including phenoxy) is 1. The van der Waals surface area contributed by atoms with Crippen LogP contribution in [-0.2, 0) is 6.54 Å². The van der Waals surface area contributed by atoms with Gasteiger partial charge in [0, 0.05) is 24.2 Å². The van der Waals surface area contributed by atoms with Gasteiger partial charge in [0.1, 0.15) is 5.75 Å². The standard InChI is InChI=1S/C18H14N2O3/c1-23-14-6-7-15-16(18(21)22)11-20(17(15)8-14)10-13-5-3-2-4-12(13)9-19/h2-8,11H,10H2,1H3,(H,21,22). The first-order valence-corrected chi connectivity index (χ1v) is 7.02. The monoisotopic (exact) mass is 306 g/mol. The Bertz CT molecular complexity index is 935. The van der Waals surface area contributed by atoms with Gasteiger partial charge in [0.2, 0.25) is 0 Å². The first-order valence-electron chi connectivity index (χ1n) is 7.02. The molecule has 5 heteroatoms. The number of carboxylic acids is 1. The van der Waals surface area contributed by atoms with Gasteiger partial charge >= 0.3 is 5.97 Å². The third-order valence-corrected chi connectivity index (χ3v) is 3.80. The fourth-order valence-electron chi connectivity index (χ4n) is 2.65. The molecule has 114 valence electrons. The van der Waals surface area contributed by atoms with Crippen molar-refractivity contribution in [2.24, 2.45) is 0 Å². The number of nitrogens with zero attached hydrogens (tertiary/aromatic N) is 2. The molecule has 0 fully saturated rings. The van der Waals surface area contributed by atoms with E-state index >= 15 is 0 Å². The minimum atomic E-state index is -0.979. The summed E-state index contributed by atoms with van der Waals surface area (Å²) in [6.45, 7) is 0.417. The highest BCUT2D eigenvalue weighted by molar-refractivity contribution is 6.03. The Balaban J connectivity index is 2.16. The maximum Gasteiger partial charge on any atom is 0.337 e.